The Morgan fingerprint density at radius 2 is 2.04 bits per heavy atom. The van der Waals surface area contributed by atoms with Gasteiger partial charge in [-0.25, -0.2) is 4.98 Å². The fourth-order valence-electron chi connectivity index (χ4n) is 2.82. The first-order valence-electron chi connectivity index (χ1n) is 7.94. The van der Waals surface area contributed by atoms with Crippen molar-refractivity contribution in [3.05, 3.63) is 59.4 Å². The molecule has 0 aliphatic heterocycles. The summed E-state index contributed by atoms with van der Waals surface area (Å²) in [7, 11) is 0. The number of amides is 1. The number of alkyl halides is 3. The zero-order valence-electron chi connectivity index (χ0n) is 13.9. The molecule has 26 heavy (non-hydrogen) atoms. The smallest absolute Gasteiger partial charge is 0.366 e. The predicted molar refractivity (Wildman–Crippen MR) is 94.1 cm³/mol. The molecule has 0 spiro atoms. The van der Waals surface area contributed by atoms with Crippen LogP contribution in [-0.2, 0) is 17.4 Å². The average molecular weight is 359 g/mol. The Kier molecular flexibility index (Phi) is 4.54. The highest BCUT2D eigenvalue weighted by molar-refractivity contribution is 5.95. The average Bonchev–Trinajstić information content (AvgIpc) is 3.00. The number of aromatic nitrogens is 2. The maximum absolute atomic E-state index is 13.3. The Bertz CT molecular complexity index is 1000. The summed E-state index contributed by atoms with van der Waals surface area (Å²) in [6.07, 6.45) is 1.80. The van der Waals surface area contributed by atoms with Crippen molar-refractivity contribution in [3.8, 4) is 11.1 Å². The van der Waals surface area contributed by atoms with Gasteiger partial charge >= 0.3 is 6.18 Å². The molecule has 134 valence electrons. The number of nitrogens with one attached hydrogen (secondary N) is 1. The van der Waals surface area contributed by atoms with E-state index < -0.39 is 17.6 Å². The number of hydrogen-bond acceptors (Lipinski definition) is 2. The van der Waals surface area contributed by atoms with Gasteiger partial charge in [-0.3, -0.25) is 4.79 Å². The van der Waals surface area contributed by atoms with Crippen LogP contribution in [0.15, 0.2) is 42.7 Å². The minimum atomic E-state index is -4.41. The molecule has 3 aromatic rings. The summed E-state index contributed by atoms with van der Waals surface area (Å²) in [6, 6.07) is 6.03. The van der Waals surface area contributed by atoms with Crippen LogP contribution in [0.3, 0.4) is 0 Å². The third-order valence-electron chi connectivity index (χ3n) is 4.12. The van der Waals surface area contributed by atoms with Crippen LogP contribution >= 0.6 is 0 Å². The summed E-state index contributed by atoms with van der Waals surface area (Å²) in [6.45, 7) is 1.69. The molecule has 7 heteroatoms. The van der Waals surface area contributed by atoms with Gasteiger partial charge in [0.25, 0.3) is 0 Å². The van der Waals surface area contributed by atoms with Gasteiger partial charge in [-0.1, -0.05) is 19.1 Å². The summed E-state index contributed by atoms with van der Waals surface area (Å²) in [5.41, 5.74) is 6.94. The maximum Gasteiger partial charge on any atom is 0.416 e. The number of rotatable bonds is 4. The summed E-state index contributed by atoms with van der Waals surface area (Å²) >= 11 is 0. The second kappa shape index (κ2) is 6.67. The van der Waals surface area contributed by atoms with Gasteiger partial charge in [0.1, 0.15) is 5.65 Å². The number of fused-ring (bicyclic) bond motifs is 1. The molecule has 0 aliphatic rings. The number of carbonyl (C=O) groups excluding carboxylic acids is 1. The van der Waals surface area contributed by atoms with Crippen LogP contribution in [-0.4, -0.2) is 15.9 Å². The molecule has 2 aromatic heterocycles. The Morgan fingerprint density at radius 3 is 2.69 bits per heavy atom. The number of H-pyrrole nitrogens is 1. The monoisotopic (exact) mass is 359 g/mol. The van der Waals surface area contributed by atoms with Gasteiger partial charge in [-0.05, 0) is 35.8 Å². The van der Waals surface area contributed by atoms with Crippen LogP contribution in [0, 0.1) is 0 Å². The third kappa shape index (κ3) is 3.46. The maximum atomic E-state index is 13.3. The van der Waals surface area contributed by atoms with Gasteiger partial charge in [0.05, 0.1) is 5.56 Å². The molecule has 0 aliphatic carbocycles. The van der Waals surface area contributed by atoms with E-state index in [0.29, 0.717) is 34.1 Å². The second-order valence-electron chi connectivity index (χ2n) is 5.82. The number of nitrogens with two attached hydrogens (primary N) is 1. The Labute approximate surface area is 147 Å². The molecule has 3 N–H and O–H groups in total. The largest absolute Gasteiger partial charge is 0.416 e. The molecule has 0 bridgehead atoms. The molecule has 0 atom stereocenters. The first-order chi connectivity index (χ1) is 12.3. The van der Waals surface area contributed by atoms with Gasteiger partial charge < -0.3 is 10.7 Å². The van der Waals surface area contributed by atoms with Crippen molar-refractivity contribution < 1.29 is 18.0 Å². The molecule has 0 radical (unpaired) electrons. The van der Waals surface area contributed by atoms with E-state index in [1.807, 2.05) is 0 Å². The molecule has 0 unspecified atom stereocenters. The molecule has 4 nitrogen and oxygen atoms in total. The van der Waals surface area contributed by atoms with Crippen molar-refractivity contribution in [1.29, 1.82) is 0 Å². The molecular formula is C19H16F3N3O. The van der Waals surface area contributed by atoms with Crippen LogP contribution < -0.4 is 5.73 Å². The fourth-order valence-corrected chi connectivity index (χ4v) is 2.82. The van der Waals surface area contributed by atoms with Gasteiger partial charge in [-0.2, -0.15) is 13.2 Å². The number of nitrogens with zero attached hydrogens (tertiary/aromatic N) is 1. The number of pyridine rings is 1. The van der Waals surface area contributed by atoms with E-state index in [0.717, 1.165) is 6.07 Å². The van der Waals surface area contributed by atoms with Crippen LogP contribution in [0.1, 0.15) is 23.6 Å². The number of benzene rings is 1. The number of carbonyl (C=O) groups is 1. The van der Waals surface area contributed by atoms with Crippen molar-refractivity contribution in [2.75, 3.05) is 0 Å². The highest BCUT2D eigenvalue weighted by Crippen LogP contribution is 2.35. The Balaban J connectivity index is 2.11. The highest BCUT2D eigenvalue weighted by Gasteiger charge is 2.33. The fraction of sp³-hybridized carbons (Fsp3) is 0.158. The van der Waals surface area contributed by atoms with E-state index in [2.05, 4.69) is 9.97 Å². The van der Waals surface area contributed by atoms with Crippen molar-refractivity contribution in [1.82, 2.24) is 9.97 Å². The lowest BCUT2D eigenvalue weighted by atomic mass is 9.97. The number of halogens is 3. The highest BCUT2D eigenvalue weighted by atomic mass is 19.4. The third-order valence-corrected chi connectivity index (χ3v) is 4.12. The standard InChI is InChI=1S/C19H16F3N3O/c1-2-11-3-4-12(8-16(11)19(20,21)22)14-7-15-13(5-6-17(23)26)9-24-18(15)25-10-14/h3-10H,2H2,1H3,(H2,23,26)(H,24,25)/b6-5+. The summed E-state index contributed by atoms with van der Waals surface area (Å²) < 4.78 is 39.9. The minimum absolute atomic E-state index is 0.252. The predicted octanol–water partition coefficient (Wildman–Crippen LogP) is 4.31. The van der Waals surface area contributed by atoms with Crippen molar-refractivity contribution in [3.63, 3.8) is 0 Å². The SMILES string of the molecule is CCc1ccc(-c2cnc3[nH]cc(/C=C/C(N)=O)c3c2)cc1C(F)(F)F. The van der Waals surface area contributed by atoms with Gasteiger partial charge in [0, 0.05) is 35.0 Å². The van der Waals surface area contributed by atoms with E-state index in [-0.39, 0.29) is 5.56 Å². The van der Waals surface area contributed by atoms with Crippen LogP contribution in [0.2, 0.25) is 0 Å². The van der Waals surface area contributed by atoms with Crippen LogP contribution in [0.5, 0.6) is 0 Å². The first-order valence-corrected chi connectivity index (χ1v) is 7.94. The first kappa shape index (κ1) is 17.7. The number of aromatic amines is 1. The van der Waals surface area contributed by atoms with E-state index in [9.17, 15) is 18.0 Å². The number of aryl methyl sites for hydroxylation is 1. The topological polar surface area (TPSA) is 71.8 Å². The van der Waals surface area contributed by atoms with E-state index >= 15 is 0 Å². The Morgan fingerprint density at radius 1 is 1.27 bits per heavy atom. The number of hydrogen-bond donors (Lipinski definition) is 2. The molecule has 0 saturated heterocycles. The van der Waals surface area contributed by atoms with Gasteiger partial charge in [-0.15, -0.1) is 0 Å². The molecule has 3 rings (SSSR count). The molecule has 2 heterocycles. The minimum Gasteiger partial charge on any atom is -0.366 e. The van der Waals surface area contributed by atoms with E-state index in [1.165, 1.54) is 24.4 Å². The lowest BCUT2D eigenvalue weighted by Gasteiger charge is -2.13. The summed E-state index contributed by atoms with van der Waals surface area (Å²) in [5, 5.41) is 0.688. The second-order valence-corrected chi connectivity index (χ2v) is 5.82. The van der Waals surface area contributed by atoms with Crippen molar-refractivity contribution in [2.45, 2.75) is 19.5 Å². The van der Waals surface area contributed by atoms with Crippen LogP contribution in [0.25, 0.3) is 28.2 Å². The zero-order chi connectivity index (χ0) is 18.9. The quantitative estimate of drug-likeness (QED) is 0.682. The molecule has 1 aromatic carbocycles. The molecule has 0 fully saturated rings. The van der Waals surface area contributed by atoms with Gasteiger partial charge in [0.15, 0.2) is 0 Å². The van der Waals surface area contributed by atoms with Crippen LogP contribution in [0.4, 0.5) is 13.2 Å². The summed E-state index contributed by atoms with van der Waals surface area (Å²) in [4.78, 5) is 18.1. The molecule has 1 amide bonds. The number of primary amides is 1. The zero-order valence-corrected chi connectivity index (χ0v) is 13.9. The van der Waals surface area contributed by atoms with E-state index in [1.54, 1.807) is 25.3 Å². The molecule has 0 saturated carbocycles. The van der Waals surface area contributed by atoms with E-state index in [4.69, 9.17) is 5.73 Å². The van der Waals surface area contributed by atoms with Crippen molar-refractivity contribution in [2.24, 2.45) is 5.73 Å². The Hall–Kier alpha value is -3.09. The summed E-state index contributed by atoms with van der Waals surface area (Å²) in [5.74, 6) is -0.589. The lowest BCUT2D eigenvalue weighted by Crippen LogP contribution is -2.09. The normalized spacial score (nSPS) is 12.2. The molecular weight excluding hydrogens is 343 g/mol. The van der Waals surface area contributed by atoms with Crippen molar-refractivity contribution >= 4 is 23.0 Å². The lowest BCUT2D eigenvalue weighted by molar-refractivity contribution is -0.138. The van der Waals surface area contributed by atoms with Gasteiger partial charge in [0.2, 0.25) is 5.91 Å².